The van der Waals surface area contributed by atoms with Gasteiger partial charge in [-0.25, -0.2) is 4.79 Å². The minimum atomic E-state index is -1.11. The topological polar surface area (TPSA) is 111 Å². The summed E-state index contributed by atoms with van der Waals surface area (Å²) >= 11 is 0. The van der Waals surface area contributed by atoms with Gasteiger partial charge in [0.1, 0.15) is 35.8 Å². The van der Waals surface area contributed by atoms with E-state index >= 15 is 0 Å². The lowest BCUT2D eigenvalue weighted by Crippen LogP contribution is -2.05. The molecular formula is C13H9N3O5. The molecule has 3 rings (SSSR count). The van der Waals surface area contributed by atoms with Crippen molar-refractivity contribution in [3.63, 3.8) is 0 Å². The predicted molar refractivity (Wildman–Crippen MR) is 71.2 cm³/mol. The van der Waals surface area contributed by atoms with E-state index in [1.165, 1.54) is 10.9 Å². The Morgan fingerprint density at radius 2 is 2.19 bits per heavy atom. The molecule has 0 spiro atoms. The van der Waals surface area contributed by atoms with E-state index in [-0.39, 0.29) is 23.6 Å². The third-order valence-electron chi connectivity index (χ3n) is 3.02. The zero-order valence-electron chi connectivity index (χ0n) is 10.6. The maximum atomic E-state index is 11.4. The number of rotatable bonds is 4. The highest BCUT2D eigenvalue weighted by Gasteiger charge is 2.21. The third-order valence-corrected chi connectivity index (χ3v) is 3.02. The molecule has 0 aliphatic carbocycles. The van der Waals surface area contributed by atoms with E-state index in [1.807, 2.05) is 0 Å². The summed E-state index contributed by atoms with van der Waals surface area (Å²) in [7, 11) is 0. The molecule has 2 aromatic heterocycles. The Balaban J connectivity index is 2.05. The van der Waals surface area contributed by atoms with Gasteiger partial charge in [-0.2, -0.15) is 5.10 Å². The quantitative estimate of drug-likeness (QED) is 0.582. The summed E-state index contributed by atoms with van der Waals surface area (Å²) < 4.78 is 6.79. The number of carboxylic acids is 1. The normalized spacial score (nSPS) is 10.9. The van der Waals surface area contributed by atoms with Crippen LogP contribution in [0.4, 0.5) is 5.69 Å². The van der Waals surface area contributed by atoms with Crippen molar-refractivity contribution in [1.29, 1.82) is 0 Å². The molecule has 0 fully saturated rings. The van der Waals surface area contributed by atoms with Crippen molar-refractivity contribution >= 4 is 22.6 Å². The molecule has 0 bridgehead atoms. The zero-order chi connectivity index (χ0) is 15.0. The van der Waals surface area contributed by atoms with Crippen molar-refractivity contribution in [2.75, 3.05) is 0 Å². The standard InChI is InChI=1S/C13H9N3O5/c17-13(18)12-9-3-1-2-4-10(9)21-11(12)7-15-6-8(5-14-15)16(19)20/h1-6H,7H2,(H,17,18). The molecule has 0 aliphatic heterocycles. The van der Waals surface area contributed by atoms with Crippen LogP contribution in [-0.2, 0) is 6.54 Å². The number of benzene rings is 1. The largest absolute Gasteiger partial charge is 0.478 e. The van der Waals surface area contributed by atoms with Gasteiger partial charge in [0.15, 0.2) is 0 Å². The summed E-state index contributed by atoms with van der Waals surface area (Å²) in [6.45, 7) is 0.00412. The maximum Gasteiger partial charge on any atom is 0.339 e. The molecule has 8 heteroatoms. The Morgan fingerprint density at radius 3 is 2.86 bits per heavy atom. The van der Waals surface area contributed by atoms with Crippen molar-refractivity contribution in [3.8, 4) is 0 Å². The fourth-order valence-electron chi connectivity index (χ4n) is 2.12. The molecule has 0 unspecified atom stereocenters. The van der Waals surface area contributed by atoms with Crippen molar-refractivity contribution in [2.45, 2.75) is 6.54 Å². The first-order valence-corrected chi connectivity index (χ1v) is 5.97. The number of carboxylic acid groups (broad SMARTS) is 1. The number of aromatic carboxylic acids is 1. The van der Waals surface area contributed by atoms with Gasteiger partial charge < -0.3 is 9.52 Å². The molecule has 0 saturated carbocycles. The number of furan rings is 1. The number of aromatic nitrogens is 2. The highest BCUT2D eigenvalue weighted by Crippen LogP contribution is 2.26. The first kappa shape index (κ1) is 12.9. The second-order valence-electron chi connectivity index (χ2n) is 4.35. The fraction of sp³-hybridized carbons (Fsp3) is 0.0769. The van der Waals surface area contributed by atoms with Crippen LogP contribution in [0.3, 0.4) is 0 Å². The molecule has 3 aromatic rings. The smallest absolute Gasteiger partial charge is 0.339 e. The van der Waals surface area contributed by atoms with E-state index in [4.69, 9.17) is 4.42 Å². The summed E-state index contributed by atoms with van der Waals surface area (Å²) in [5, 5.41) is 24.3. The number of nitro groups is 1. The van der Waals surface area contributed by atoms with Crippen LogP contribution in [0, 0.1) is 10.1 Å². The molecule has 1 aromatic carbocycles. The van der Waals surface area contributed by atoms with E-state index in [0.717, 1.165) is 6.20 Å². The van der Waals surface area contributed by atoms with Gasteiger partial charge in [0.25, 0.3) is 0 Å². The van der Waals surface area contributed by atoms with Crippen LogP contribution < -0.4 is 0 Å². The molecule has 0 radical (unpaired) electrons. The molecular weight excluding hydrogens is 278 g/mol. The Kier molecular flexibility index (Phi) is 2.90. The van der Waals surface area contributed by atoms with Gasteiger partial charge in [-0.15, -0.1) is 0 Å². The van der Waals surface area contributed by atoms with Crippen LogP contribution >= 0.6 is 0 Å². The van der Waals surface area contributed by atoms with Crippen molar-refractivity contribution in [2.24, 2.45) is 0 Å². The van der Waals surface area contributed by atoms with Gasteiger partial charge in [0, 0.05) is 5.39 Å². The third kappa shape index (κ3) is 2.22. The van der Waals surface area contributed by atoms with Crippen molar-refractivity contribution in [1.82, 2.24) is 9.78 Å². The maximum absolute atomic E-state index is 11.4. The van der Waals surface area contributed by atoms with Gasteiger partial charge in [0.2, 0.25) is 0 Å². The fourth-order valence-corrected chi connectivity index (χ4v) is 2.12. The van der Waals surface area contributed by atoms with Gasteiger partial charge in [-0.05, 0) is 6.07 Å². The molecule has 106 valence electrons. The minimum Gasteiger partial charge on any atom is -0.478 e. The summed E-state index contributed by atoms with van der Waals surface area (Å²) in [6.07, 6.45) is 2.32. The monoisotopic (exact) mass is 287 g/mol. The highest BCUT2D eigenvalue weighted by atomic mass is 16.6. The lowest BCUT2D eigenvalue weighted by Gasteiger charge is -1.99. The van der Waals surface area contributed by atoms with E-state index in [0.29, 0.717) is 11.0 Å². The average molecular weight is 287 g/mol. The van der Waals surface area contributed by atoms with E-state index < -0.39 is 10.9 Å². The molecule has 21 heavy (non-hydrogen) atoms. The Bertz CT molecular complexity index is 848. The van der Waals surface area contributed by atoms with Crippen molar-refractivity contribution in [3.05, 3.63) is 58.1 Å². The van der Waals surface area contributed by atoms with Gasteiger partial charge in [0.05, 0.1) is 4.92 Å². The average Bonchev–Trinajstić information content (AvgIpc) is 3.02. The second-order valence-corrected chi connectivity index (χ2v) is 4.35. The molecule has 0 atom stereocenters. The summed E-state index contributed by atoms with van der Waals surface area (Å²) in [5.41, 5.74) is 0.332. The summed E-state index contributed by atoms with van der Waals surface area (Å²) in [4.78, 5) is 21.5. The molecule has 1 N–H and O–H groups in total. The van der Waals surface area contributed by atoms with Gasteiger partial charge in [-0.3, -0.25) is 14.8 Å². The number of fused-ring (bicyclic) bond motifs is 1. The second kappa shape index (κ2) is 4.75. The SMILES string of the molecule is O=C(O)c1c(Cn2cc([N+](=O)[O-])cn2)oc2ccccc12. The Labute approximate surface area is 117 Å². The van der Waals surface area contributed by atoms with Crippen LogP contribution in [0.15, 0.2) is 41.1 Å². The van der Waals surface area contributed by atoms with Crippen LogP contribution in [0.25, 0.3) is 11.0 Å². The van der Waals surface area contributed by atoms with Crippen LogP contribution in [0.5, 0.6) is 0 Å². The van der Waals surface area contributed by atoms with Crippen molar-refractivity contribution < 1.29 is 19.2 Å². The Hall–Kier alpha value is -3.16. The lowest BCUT2D eigenvalue weighted by atomic mass is 10.1. The van der Waals surface area contributed by atoms with E-state index in [9.17, 15) is 20.0 Å². The molecule has 2 heterocycles. The first-order chi connectivity index (χ1) is 10.1. The van der Waals surface area contributed by atoms with Crippen LogP contribution in [0.1, 0.15) is 16.1 Å². The predicted octanol–water partition coefficient (Wildman–Crippen LogP) is 2.28. The van der Waals surface area contributed by atoms with Gasteiger partial charge in [-0.1, -0.05) is 18.2 Å². The highest BCUT2D eigenvalue weighted by molar-refractivity contribution is 6.03. The number of carbonyl (C=O) groups is 1. The molecule has 0 amide bonds. The number of para-hydroxylation sites is 1. The van der Waals surface area contributed by atoms with Crippen LogP contribution in [-0.4, -0.2) is 25.8 Å². The Morgan fingerprint density at radius 1 is 1.43 bits per heavy atom. The number of hydrogen-bond acceptors (Lipinski definition) is 5. The summed E-state index contributed by atoms with van der Waals surface area (Å²) in [5.74, 6) is -0.918. The van der Waals surface area contributed by atoms with Gasteiger partial charge >= 0.3 is 11.7 Å². The minimum absolute atomic E-state index is 0.00412. The molecule has 8 nitrogen and oxygen atoms in total. The van der Waals surface area contributed by atoms with E-state index in [1.54, 1.807) is 24.3 Å². The zero-order valence-corrected chi connectivity index (χ0v) is 10.6. The lowest BCUT2D eigenvalue weighted by molar-refractivity contribution is -0.385. The summed E-state index contributed by atoms with van der Waals surface area (Å²) in [6, 6.07) is 6.76. The molecule has 0 saturated heterocycles. The number of nitrogens with zero attached hydrogens (tertiary/aromatic N) is 3. The van der Waals surface area contributed by atoms with Crippen LogP contribution in [0.2, 0.25) is 0 Å². The first-order valence-electron chi connectivity index (χ1n) is 5.97. The number of hydrogen-bond donors (Lipinski definition) is 1. The van der Waals surface area contributed by atoms with E-state index in [2.05, 4.69) is 5.10 Å². The molecule has 0 aliphatic rings.